The minimum Gasteiger partial charge on any atom is -0.480 e. The summed E-state index contributed by atoms with van der Waals surface area (Å²) in [5, 5.41) is 17.4. The molecule has 0 fully saturated rings. The molecular formula is C13H12Cl2N4O4S. The first-order valence-electron chi connectivity index (χ1n) is 6.80. The zero-order valence-electron chi connectivity index (χ0n) is 12.3. The van der Waals surface area contributed by atoms with E-state index in [1.165, 1.54) is 18.2 Å². The molecule has 0 spiro atoms. The summed E-state index contributed by atoms with van der Waals surface area (Å²) >= 11 is 11.8. The van der Waals surface area contributed by atoms with Crippen LogP contribution in [0.2, 0.25) is 10.0 Å². The van der Waals surface area contributed by atoms with E-state index >= 15 is 0 Å². The van der Waals surface area contributed by atoms with Crippen LogP contribution < -0.4 is 0 Å². The van der Waals surface area contributed by atoms with Crippen LogP contribution in [0.25, 0.3) is 0 Å². The molecule has 0 saturated carbocycles. The van der Waals surface area contributed by atoms with E-state index < -0.39 is 22.0 Å². The van der Waals surface area contributed by atoms with E-state index in [2.05, 4.69) is 10.2 Å². The monoisotopic (exact) mass is 390 g/mol. The van der Waals surface area contributed by atoms with Crippen molar-refractivity contribution in [3.63, 3.8) is 0 Å². The van der Waals surface area contributed by atoms with E-state index in [0.717, 1.165) is 4.31 Å². The number of carbonyl (C=O) groups is 1. The zero-order valence-corrected chi connectivity index (χ0v) is 14.7. The van der Waals surface area contributed by atoms with Gasteiger partial charge in [-0.3, -0.25) is 4.79 Å². The highest BCUT2D eigenvalue weighted by atomic mass is 35.5. The predicted molar refractivity (Wildman–Crippen MR) is 85.4 cm³/mol. The maximum Gasteiger partial charge on any atom is 0.323 e. The Balaban J connectivity index is 2.12. The minimum atomic E-state index is -4.19. The molecule has 1 aromatic carbocycles. The SMILES string of the molecule is Cc1nnc2n1CC(C(=O)O)N(S(=O)(=O)c1cc(Cl)ccc1Cl)C2. The third-order valence-corrected chi connectivity index (χ3v) is 6.35. The number of hydrogen-bond donors (Lipinski definition) is 1. The topological polar surface area (TPSA) is 105 Å². The van der Waals surface area contributed by atoms with Crippen molar-refractivity contribution < 1.29 is 18.3 Å². The van der Waals surface area contributed by atoms with Crippen LogP contribution in [-0.4, -0.2) is 44.6 Å². The number of benzene rings is 1. The Labute approximate surface area is 147 Å². The van der Waals surface area contributed by atoms with Crippen LogP contribution >= 0.6 is 23.2 Å². The summed E-state index contributed by atoms with van der Waals surface area (Å²) in [6, 6.07) is 2.70. The average molecular weight is 391 g/mol. The summed E-state index contributed by atoms with van der Waals surface area (Å²) in [5.41, 5.74) is 0. The fourth-order valence-corrected chi connectivity index (χ4v) is 4.81. The van der Waals surface area contributed by atoms with Gasteiger partial charge >= 0.3 is 5.97 Å². The Morgan fingerprint density at radius 1 is 1.33 bits per heavy atom. The van der Waals surface area contributed by atoms with E-state index in [1.54, 1.807) is 11.5 Å². The molecule has 0 radical (unpaired) electrons. The van der Waals surface area contributed by atoms with Crippen molar-refractivity contribution in [3.8, 4) is 0 Å². The van der Waals surface area contributed by atoms with Gasteiger partial charge in [0.05, 0.1) is 18.1 Å². The van der Waals surface area contributed by atoms with Crippen molar-refractivity contribution in [2.24, 2.45) is 0 Å². The van der Waals surface area contributed by atoms with Crippen LogP contribution in [0.3, 0.4) is 0 Å². The lowest BCUT2D eigenvalue weighted by Crippen LogP contribution is -2.50. The molecule has 0 bridgehead atoms. The highest BCUT2D eigenvalue weighted by molar-refractivity contribution is 7.89. The molecule has 11 heteroatoms. The second-order valence-electron chi connectivity index (χ2n) is 5.25. The number of aryl methyl sites for hydroxylation is 1. The van der Waals surface area contributed by atoms with Crippen LogP contribution in [0, 0.1) is 6.92 Å². The lowest BCUT2D eigenvalue weighted by molar-refractivity contribution is -0.142. The molecule has 1 N–H and O–H groups in total. The number of sulfonamides is 1. The van der Waals surface area contributed by atoms with Gasteiger partial charge in [0.15, 0.2) is 0 Å². The standard InChI is InChI=1S/C13H12Cl2N4O4S/c1-7-16-17-12-6-19(10(13(20)21)5-18(7)12)24(22,23)11-4-8(14)2-3-9(11)15/h2-4,10H,5-6H2,1H3,(H,20,21). The van der Waals surface area contributed by atoms with Crippen molar-refractivity contribution >= 4 is 39.2 Å². The number of carboxylic acids is 1. The molecule has 0 amide bonds. The molecule has 1 aromatic heterocycles. The second-order valence-corrected chi connectivity index (χ2v) is 7.96. The molecule has 2 aromatic rings. The first-order valence-corrected chi connectivity index (χ1v) is 9.00. The van der Waals surface area contributed by atoms with Crippen molar-refractivity contribution in [2.75, 3.05) is 0 Å². The summed E-state index contributed by atoms with van der Waals surface area (Å²) < 4.78 is 28.4. The molecule has 2 heterocycles. The van der Waals surface area contributed by atoms with Crippen LogP contribution in [-0.2, 0) is 27.9 Å². The number of carboxylic acid groups (broad SMARTS) is 1. The highest BCUT2D eigenvalue weighted by Gasteiger charge is 2.41. The number of rotatable bonds is 3. The van der Waals surface area contributed by atoms with E-state index in [-0.39, 0.29) is 28.0 Å². The van der Waals surface area contributed by atoms with Gasteiger partial charge in [0, 0.05) is 5.02 Å². The Morgan fingerprint density at radius 2 is 2.04 bits per heavy atom. The Morgan fingerprint density at radius 3 is 2.71 bits per heavy atom. The van der Waals surface area contributed by atoms with Gasteiger partial charge in [-0.25, -0.2) is 8.42 Å². The number of halogens is 2. The maximum absolute atomic E-state index is 13.0. The van der Waals surface area contributed by atoms with Gasteiger partial charge in [0.2, 0.25) is 10.0 Å². The van der Waals surface area contributed by atoms with E-state index in [9.17, 15) is 18.3 Å². The van der Waals surface area contributed by atoms with Crippen LogP contribution in [0.4, 0.5) is 0 Å². The molecule has 0 saturated heterocycles. The maximum atomic E-state index is 13.0. The second kappa shape index (κ2) is 5.99. The predicted octanol–water partition coefficient (Wildman–Crippen LogP) is 1.55. The number of aliphatic carboxylic acids is 1. The summed E-state index contributed by atoms with van der Waals surface area (Å²) in [6.07, 6.45) is 0. The molecule has 1 atom stereocenters. The lowest BCUT2D eigenvalue weighted by Gasteiger charge is -2.32. The van der Waals surface area contributed by atoms with Crippen molar-refractivity contribution in [1.82, 2.24) is 19.1 Å². The quantitative estimate of drug-likeness (QED) is 0.851. The van der Waals surface area contributed by atoms with Crippen molar-refractivity contribution in [3.05, 3.63) is 39.9 Å². The summed E-state index contributed by atoms with van der Waals surface area (Å²) in [5.74, 6) is -0.378. The first-order chi connectivity index (χ1) is 11.2. The summed E-state index contributed by atoms with van der Waals surface area (Å²) in [7, 11) is -4.19. The van der Waals surface area contributed by atoms with E-state index in [0.29, 0.717) is 11.6 Å². The molecule has 1 aliphatic heterocycles. The van der Waals surface area contributed by atoms with Gasteiger partial charge in [-0.2, -0.15) is 4.31 Å². The average Bonchev–Trinajstić information content (AvgIpc) is 2.89. The largest absolute Gasteiger partial charge is 0.480 e. The molecule has 3 rings (SSSR count). The Bertz CT molecular complexity index is 928. The van der Waals surface area contributed by atoms with Crippen LogP contribution in [0.5, 0.6) is 0 Å². The third-order valence-electron chi connectivity index (χ3n) is 3.78. The van der Waals surface area contributed by atoms with Gasteiger partial charge in [0.1, 0.15) is 22.6 Å². The smallest absolute Gasteiger partial charge is 0.323 e. The Kier molecular flexibility index (Phi) is 4.28. The fourth-order valence-electron chi connectivity index (χ4n) is 2.55. The van der Waals surface area contributed by atoms with Crippen molar-refractivity contribution in [1.29, 1.82) is 0 Å². The van der Waals surface area contributed by atoms with Crippen LogP contribution in [0.15, 0.2) is 23.1 Å². The van der Waals surface area contributed by atoms with E-state index in [4.69, 9.17) is 23.2 Å². The lowest BCUT2D eigenvalue weighted by atomic mass is 10.2. The molecule has 1 unspecified atom stereocenters. The summed E-state index contributed by atoms with van der Waals surface area (Å²) in [4.78, 5) is 11.4. The molecule has 128 valence electrons. The molecule has 0 aliphatic carbocycles. The normalized spacial score (nSPS) is 18.4. The molecular weight excluding hydrogens is 379 g/mol. The molecule has 8 nitrogen and oxygen atoms in total. The van der Waals surface area contributed by atoms with Crippen molar-refractivity contribution in [2.45, 2.75) is 31.0 Å². The fraction of sp³-hybridized carbons (Fsp3) is 0.308. The summed E-state index contributed by atoms with van der Waals surface area (Å²) in [6.45, 7) is 1.37. The zero-order chi connectivity index (χ0) is 17.6. The first kappa shape index (κ1) is 17.2. The van der Waals surface area contributed by atoms with Gasteiger partial charge in [-0.1, -0.05) is 23.2 Å². The van der Waals surface area contributed by atoms with E-state index in [1.807, 2.05) is 0 Å². The van der Waals surface area contributed by atoms with Gasteiger partial charge in [-0.05, 0) is 25.1 Å². The molecule has 1 aliphatic rings. The minimum absolute atomic E-state index is 0.0354. The van der Waals surface area contributed by atoms with Gasteiger partial charge in [-0.15, -0.1) is 10.2 Å². The van der Waals surface area contributed by atoms with Gasteiger partial charge < -0.3 is 9.67 Å². The number of aromatic nitrogens is 3. The highest BCUT2D eigenvalue weighted by Crippen LogP contribution is 2.31. The van der Waals surface area contributed by atoms with Gasteiger partial charge in [0.25, 0.3) is 0 Å². The Hall–Kier alpha value is -1.68. The third kappa shape index (κ3) is 2.77. The number of nitrogens with zero attached hydrogens (tertiary/aromatic N) is 4. The molecule has 24 heavy (non-hydrogen) atoms. The number of fused-ring (bicyclic) bond motifs is 1. The number of hydrogen-bond acceptors (Lipinski definition) is 5. The van der Waals surface area contributed by atoms with Crippen LogP contribution in [0.1, 0.15) is 11.6 Å².